The van der Waals surface area contributed by atoms with E-state index in [1.165, 1.54) is 0 Å². The van der Waals surface area contributed by atoms with E-state index in [-0.39, 0.29) is 12.1 Å². The SMILES string of the molecule is CC1CCC2(CC1)OC[C@@H](CNC(=O)N(C)CCc1cnccn1)O2. The van der Waals surface area contributed by atoms with Crippen LogP contribution in [0.3, 0.4) is 0 Å². The number of carbonyl (C=O) groups is 1. The van der Waals surface area contributed by atoms with Gasteiger partial charge in [0.2, 0.25) is 0 Å². The highest BCUT2D eigenvalue weighted by Gasteiger charge is 2.43. The molecular weight excluding hydrogens is 320 g/mol. The first-order valence-corrected chi connectivity index (χ1v) is 9.12. The number of hydrogen-bond acceptors (Lipinski definition) is 5. The van der Waals surface area contributed by atoms with E-state index in [0.717, 1.165) is 37.3 Å². The molecule has 7 nitrogen and oxygen atoms in total. The lowest BCUT2D eigenvalue weighted by atomic mass is 9.86. The Balaban J connectivity index is 1.37. The molecule has 1 spiro atoms. The second-order valence-electron chi connectivity index (χ2n) is 7.20. The fraction of sp³-hybridized carbons (Fsp3) is 0.722. The first-order chi connectivity index (χ1) is 12.1. The molecular formula is C18H28N4O3. The third kappa shape index (κ3) is 4.89. The smallest absolute Gasteiger partial charge is 0.317 e. The maximum atomic E-state index is 12.2. The van der Waals surface area contributed by atoms with E-state index in [2.05, 4.69) is 22.2 Å². The predicted octanol–water partition coefficient (Wildman–Crippen LogP) is 1.98. The molecule has 0 unspecified atom stereocenters. The number of carbonyl (C=O) groups excluding carboxylic acids is 1. The quantitative estimate of drug-likeness (QED) is 0.880. The molecule has 2 amide bonds. The summed E-state index contributed by atoms with van der Waals surface area (Å²) in [6.07, 6.45) is 9.84. The molecule has 0 radical (unpaired) electrons. The van der Waals surface area contributed by atoms with Crippen molar-refractivity contribution in [1.82, 2.24) is 20.2 Å². The zero-order valence-corrected chi connectivity index (χ0v) is 15.1. The van der Waals surface area contributed by atoms with E-state index in [1.54, 1.807) is 30.5 Å². The van der Waals surface area contributed by atoms with Gasteiger partial charge < -0.3 is 19.7 Å². The van der Waals surface area contributed by atoms with Crippen molar-refractivity contribution in [1.29, 1.82) is 0 Å². The van der Waals surface area contributed by atoms with Crippen molar-refractivity contribution in [3.8, 4) is 0 Å². The van der Waals surface area contributed by atoms with E-state index < -0.39 is 5.79 Å². The van der Waals surface area contributed by atoms with Crippen LogP contribution in [0.25, 0.3) is 0 Å². The highest BCUT2D eigenvalue weighted by Crippen LogP contribution is 2.39. The zero-order chi connectivity index (χ0) is 17.7. The van der Waals surface area contributed by atoms with Gasteiger partial charge in [-0.25, -0.2) is 4.79 Å². The van der Waals surface area contributed by atoms with Gasteiger partial charge in [0.15, 0.2) is 5.79 Å². The van der Waals surface area contributed by atoms with Gasteiger partial charge in [-0.3, -0.25) is 9.97 Å². The molecule has 1 aromatic heterocycles. The highest BCUT2D eigenvalue weighted by atomic mass is 16.7. The maximum absolute atomic E-state index is 12.2. The highest BCUT2D eigenvalue weighted by molar-refractivity contribution is 5.73. The van der Waals surface area contributed by atoms with Crippen LogP contribution in [0.4, 0.5) is 4.79 Å². The fourth-order valence-corrected chi connectivity index (χ4v) is 3.36. The predicted molar refractivity (Wildman–Crippen MR) is 93.0 cm³/mol. The summed E-state index contributed by atoms with van der Waals surface area (Å²) in [5, 5.41) is 2.94. The van der Waals surface area contributed by atoms with Crippen LogP contribution in [0.2, 0.25) is 0 Å². The molecule has 1 atom stereocenters. The van der Waals surface area contributed by atoms with Crippen molar-refractivity contribution in [2.45, 2.75) is 50.9 Å². The lowest BCUT2D eigenvalue weighted by Gasteiger charge is -2.34. The third-order valence-electron chi connectivity index (χ3n) is 5.10. The van der Waals surface area contributed by atoms with Crippen molar-refractivity contribution < 1.29 is 14.3 Å². The summed E-state index contributed by atoms with van der Waals surface area (Å²) in [5.41, 5.74) is 0.878. The first-order valence-electron chi connectivity index (χ1n) is 9.12. The Hall–Kier alpha value is -1.73. The summed E-state index contributed by atoms with van der Waals surface area (Å²) < 4.78 is 12.1. The van der Waals surface area contributed by atoms with Gasteiger partial charge in [0.25, 0.3) is 0 Å². The van der Waals surface area contributed by atoms with Gasteiger partial charge in [-0.2, -0.15) is 0 Å². The minimum absolute atomic E-state index is 0.0641. The number of hydrogen-bond donors (Lipinski definition) is 1. The number of amides is 2. The first kappa shape index (κ1) is 18.1. The molecule has 1 saturated heterocycles. The van der Waals surface area contributed by atoms with Gasteiger partial charge in [0, 0.05) is 58.0 Å². The van der Waals surface area contributed by atoms with Gasteiger partial charge in [-0.1, -0.05) is 6.92 Å². The summed E-state index contributed by atoms with van der Waals surface area (Å²) >= 11 is 0. The van der Waals surface area contributed by atoms with Crippen LogP contribution in [0.1, 0.15) is 38.3 Å². The Morgan fingerprint density at radius 1 is 1.40 bits per heavy atom. The molecule has 2 heterocycles. The van der Waals surface area contributed by atoms with Crippen LogP contribution in [-0.2, 0) is 15.9 Å². The number of urea groups is 1. The maximum Gasteiger partial charge on any atom is 0.317 e. The van der Waals surface area contributed by atoms with Crippen LogP contribution in [0.5, 0.6) is 0 Å². The number of ether oxygens (including phenoxy) is 2. The van der Waals surface area contributed by atoms with Gasteiger partial charge >= 0.3 is 6.03 Å². The molecule has 25 heavy (non-hydrogen) atoms. The number of nitrogens with zero attached hydrogens (tertiary/aromatic N) is 3. The average molecular weight is 348 g/mol. The summed E-state index contributed by atoms with van der Waals surface area (Å²) in [7, 11) is 1.78. The minimum Gasteiger partial charge on any atom is -0.347 e. The Morgan fingerprint density at radius 3 is 2.92 bits per heavy atom. The number of rotatable bonds is 5. The molecule has 2 aliphatic rings. The van der Waals surface area contributed by atoms with E-state index in [9.17, 15) is 4.79 Å². The van der Waals surface area contributed by atoms with Crippen LogP contribution in [0.15, 0.2) is 18.6 Å². The molecule has 1 aliphatic heterocycles. The molecule has 1 saturated carbocycles. The van der Waals surface area contributed by atoms with Crippen molar-refractivity contribution in [3.05, 3.63) is 24.3 Å². The van der Waals surface area contributed by atoms with E-state index in [0.29, 0.717) is 26.1 Å². The Bertz CT molecular complexity index is 561. The van der Waals surface area contributed by atoms with Gasteiger partial charge in [-0.05, 0) is 18.8 Å². The number of likely N-dealkylation sites (N-methyl/N-ethyl adjacent to an activating group) is 1. The van der Waals surface area contributed by atoms with E-state index in [4.69, 9.17) is 9.47 Å². The lowest BCUT2D eigenvalue weighted by Crippen LogP contribution is -2.43. The topological polar surface area (TPSA) is 76.6 Å². The molecule has 1 N–H and O–H groups in total. The van der Waals surface area contributed by atoms with E-state index >= 15 is 0 Å². The second-order valence-corrected chi connectivity index (χ2v) is 7.20. The van der Waals surface area contributed by atoms with Crippen LogP contribution < -0.4 is 5.32 Å². The zero-order valence-electron chi connectivity index (χ0n) is 15.1. The number of aromatic nitrogens is 2. The normalized spacial score (nSPS) is 28.9. The summed E-state index contributed by atoms with van der Waals surface area (Å²) in [6.45, 7) is 3.90. The Kier molecular flexibility index (Phi) is 5.86. The minimum atomic E-state index is -0.403. The van der Waals surface area contributed by atoms with Crippen LogP contribution in [-0.4, -0.2) is 59.5 Å². The Morgan fingerprint density at radius 2 is 2.20 bits per heavy atom. The Labute approximate surface area is 149 Å². The van der Waals surface area contributed by atoms with Crippen molar-refractivity contribution in [2.24, 2.45) is 5.92 Å². The summed E-state index contributed by atoms with van der Waals surface area (Å²) in [5.74, 6) is 0.347. The summed E-state index contributed by atoms with van der Waals surface area (Å²) in [6, 6.07) is -0.106. The third-order valence-corrected chi connectivity index (χ3v) is 5.10. The van der Waals surface area contributed by atoms with E-state index in [1.807, 2.05) is 0 Å². The second kappa shape index (κ2) is 8.10. The monoisotopic (exact) mass is 348 g/mol. The largest absolute Gasteiger partial charge is 0.347 e. The van der Waals surface area contributed by atoms with Crippen LogP contribution >= 0.6 is 0 Å². The lowest BCUT2D eigenvalue weighted by molar-refractivity contribution is -0.191. The molecule has 2 fully saturated rings. The molecule has 3 rings (SSSR count). The molecule has 1 aliphatic carbocycles. The number of nitrogens with one attached hydrogen (secondary N) is 1. The molecule has 1 aromatic rings. The van der Waals surface area contributed by atoms with Crippen molar-refractivity contribution in [3.63, 3.8) is 0 Å². The van der Waals surface area contributed by atoms with Crippen molar-refractivity contribution >= 4 is 6.03 Å². The molecule has 7 heteroatoms. The molecule has 0 bridgehead atoms. The fourth-order valence-electron chi connectivity index (χ4n) is 3.36. The standard InChI is InChI=1S/C18H28N4O3/c1-14-3-6-18(7-4-14)24-13-16(25-18)12-21-17(23)22(2)10-5-15-11-19-8-9-20-15/h8-9,11,14,16H,3-7,10,12-13H2,1-2H3,(H,21,23)/t14?,16-,18?/m1/s1. The van der Waals surface area contributed by atoms with Gasteiger partial charge in [0.1, 0.15) is 6.10 Å². The molecule has 138 valence electrons. The van der Waals surface area contributed by atoms with Gasteiger partial charge in [-0.15, -0.1) is 0 Å². The van der Waals surface area contributed by atoms with Crippen LogP contribution in [0, 0.1) is 5.92 Å². The summed E-state index contributed by atoms with van der Waals surface area (Å²) in [4.78, 5) is 22.1. The molecule has 0 aromatic carbocycles. The average Bonchev–Trinajstić information content (AvgIpc) is 3.04. The van der Waals surface area contributed by atoms with Gasteiger partial charge in [0.05, 0.1) is 12.3 Å². The van der Waals surface area contributed by atoms with Crippen molar-refractivity contribution in [2.75, 3.05) is 26.7 Å².